The molecular formula is C28H27ClN4O4. The third-order valence-electron chi connectivity index (χ3n) is 6.22. The largest absolute Gasteiger partial charge is 0.495 e. The van der Waals surface area contributed by atoms with Gasteiger partial charge in [-0.05, 0) is 55.8 Å². The number of carbonyl (C=O) groups is 1. The van der Waals surface area contributed by atoms with Gasteiger partial charge < -0.3 is 24.8 Å². The normalized spacial score (nSPS) is 14.7. The summed E-state index contributed by atoms with van der Waals surface area (Å²) in [6.45, 7) is 4.45. The van der Waals surface area contributed by atoms with Gasteiger partial charge in [0.1, 0.15) is 17.2 Å². The van der Waals surface area contributed by atoms with E-state index < -0.39 is 0 Å². The van der Waals surface area contributed by atoms with Crippen LogP contribution in [0.15, 0.2) is 66.2 Å². The average Bonchev–Trinajstić information content (AvgIpc) is 3.27. The molecule has 5 rings (SSSR count). The molecule has 1 amide bonds. The third-order valence-corrected chi connectivity index (χ3v) is 6.52. The standard InChI is InChI=1S/C28H27ClN4O4/c1-5-37-18-12-10-17(11-13-18)26-25(16(2)30-28-32-20-8-6-7-9-22(20)33(26)28)27(34)31-21-15-23(35-3)19(29)14-24(21)36-4/h6-16H,5H2,1-4H3,(H,30,32)(H,31,34)/t16-/m0/s1. The molecule has 1 aliphatic rings. The van der Waals surface area contributed by atoms with E-state index in [0.717, 1.165) is 28.0 Å². The summed E-state index contributed by atoms with van der Waals surface area (Å²) in [5, 5.41) is 6.78. The predicted molar refractivity (Wildman–Crippen MR) is 146 cm³/mol. The fraction of sp³-hybridized carbons (Fsp3) is 0.214. The monoisotopic (exact) mass is 518 g/mol. The number of benzene rings is 3. The van der Waals surface area contributed by atoms with Crippen molar-refractivity contribution in [2.45, 2.75) is 19.9 Å². The predicted octanol–water partition coefficient (Wildman–Crippen LogP) is 5.82. The number of amides is 1. The van der Waals surface area contributed by atoms with Crippen molar-refractivity contribution < 1.29 is 19.0 Å². The number of ether oxygens (including phenoxy) is 3. The molecule has 3 aromatic carbocycles. The quantitative estimate of drug-likeness (QED) is 0.321. The highest BCUT2D eigenvalue weighted by Crippen LogP contribution is 2.39. The first kappa shape index (κ1) is 24.5. The minimum absolute atomic E-state index is 0.296. The highest BCUT2D eigenvalue weighted by Gasteiger charge is 2.32. The van der Waals surface area contributed by atoms with E-state index in [0.29, 0.717) is 40.3 Å². The van der Waals surface area contributed by atoms with Crippen LogP contribution in [0.1, 0.15) is 19.4 Å². The summed E-state index contributed by atoms with van der Waals surface area (Å²) in [6, 6.07) is 18.5. The van der Waals surface area contributed by atoms with Gasteiger partial charge >= 0.3 is 0 Å². The molecule has 0 aliphatic carbocycles. The topological polar surface area (TPSA) is 86.6 Å². The number of fused-ring (bicyclic) bond motifs is 3. The van der Waals surface area contributed by atoms with Gasteiger partial charge in [-0.1, -0.05) is 23.7 Å². The second-order valence-corrected chi connectivity index (χ2v) is 8.89. The maximum atomic E-state index is 14.0. The molecule has 0 spiro atoms. The van der Waals surface area contributed by atoms with Crippen molar-refractivity contribution in [3.8, 4) is 17.2 Å². The molecule has 0 saturated carbocycles. The first-order valence-electron chi connectivity index (χ1n) is 11.9. The second kappa shape index (κ2) is 10.1. The van der Waals surface area contributed by atoms with Crippen LogP contribution in [-0.4, -0.2) is 42.3 Å². The molecule has 2 heterocycles. The Bertz CT molecular complexity index is 1510. The number of hydrogen-bond acceptors (Lipinski definition) is 6. The molecule has 0 radical (unpaired) electrons. The van der Waals surface area contributed by atoms with Crippen LogP contribution in [0.3, 0.4) is 0 Å². The fourth-order valence-electron chi connectivity index (χ4n) is 4.55. The lowest BCUT2D eigenvalue weighted by molar-refractivity contribution is -0.113. The fourth-order valence-corrected chi connectivity index (χ4v) is 4.78. The van der Waals surface area contributed by atoms with E-state index in [1.54, 1.807) is 12.1 Å². The van der Waals surface area contributed by atoms with Crippen LogP contribution >= 0.6 is 11.6 Å². The number of imidazole rings is 1. The zero-order chi connectivity index (χ0) is 26.1. The molecule has 190 valence electrons. The number of anilines is 2. The zero-order valence-corrected chi connectivity index (χ0v) is 21.7. The van der Waals surface area contributed by atoms with Gasteiger partial charge in [0.15, 0.2) is 0 Å². The lowest BCUT2D eigenvalue weighted by Crippen LogP contribution is -2.34. The Hall–Kier alpha value is -4.17. The Morgan fingerprint density at radius 3 is 2.51 bits per heavy atom. The van der Waals surface area contributed by atoms with Crippen molar-refractivity contribution in [1.29, 1.82) is 0 Å². The second-order valence-electron chi connectivity index (χ2n) is 8.49. The van der Waals surface area contributed by atoms with E-state index in [1.807, 2.05) is 66.9 Å². The number of nitrogens with one attached hydrogen (secondary N) is 2. The van der Waals surface area contributed by atoms with Gasteiger partial charge in [0.2, 0.25) is 5.95 Å². The number of halogens is 1. The molecule has 1 atom stereocenters. The molecular weight excluding hydrogens is 492 g/mol. The summed E-state index contributed by atoms with van der Waals surface area (Å²) in [5.41, 5.74) is 4.28. The Morgan fingerprint density at radius 1 is 1.08 bits per heavy atom. The number of nitrogens with zero attached hydrogens (tertiary/aromatic N) is 2. The first-order chi connectivity index (χ1) is 17.9. The Balaban J connectivity index is 1.69. The number of rotatable bonds is 7. The number of hydrogen-bond donors (Lipinski definition) is 2. The minimum Gasteiger partial charge on any atom is -0.495 e. The lowest BCUT2D eigenvalue weighted by Gasteiger charge is -2.29. The van der Waals surface area contributed by atoms with Crippen molar-refractivity contribution >= 4 is 45.9 Å². The van der Waals surface area contributed by atoms with Crippen molar-refractivity contribution in [3.05, 3.63) is 76.8 Å². The van der Waals surface area contributed by atoms with Gasteiger partial charge in [-0.3, -0.25) is 9.36 Å². The molecule has 8 nitrogen and oxygen atoms in total. The summed E-state index contributed by atoms with van der Waals surface area (Å²) in [6.07, 6.45) is 0. The van der Waals surface area contributed by atoms with Gasteiger partial charge in [-0.2, -0.15) is 0 Å². The van der Waals surface area contributed by atoms with Gasteiger partial charge in [-0.25, -0.2) is 4.98 Å². The van der Waals surface area contributed by atoms with E-state index >= 15 is 0 Å². The van der Waals surface area contributed by atoms with Crippen molar-refractivity contribution in [2.75, 3.05) is 31.5 Å². The number of aromatic nitrogens is 2. The van der Waals surface area contributed by atoms with E-state index in [9.17, 15) is 4.79 Å². The maximum absolute atomic E-state index is 14.0. The molecule has 2 N–H and O–H groups in total. The zero-order valence-electron chi connectivity index (χ0n) is 21.0. The van der Waals surface area contributed by atoms with Crippen molar-refractivity contribution in [1.82, 2.24) is 9.55 Å². The van der Waals surface area contributed by atoms with Crippen LogP contribution in [0.25, 0.3) is 16.7 Å². The number of methoxy groups -OCH3 is 2. The maximum Gasteiger partial charge on any atom is 0.255 e. The van der Waals surface area contributed by atoms with E-state index in [1.165, 1.54) is 14.2 Å². The van der Waals surface area contributed by atoms with Gasteiger partial charge in [0.25, 0.3) is 5.91 Å². The average molecular weight is 519 g/mol. The summed E-state index contributed by atoms with van der Waals surface area (Å²) in [4.78, 5) is 18.7. The van der Waals surface area contributed by atoms with Crippen LogP contribution in [-0.2, 0) is 4.79 Å². The summed E-state index contributed by atoms with van der Waals surface area (Å²) < 4.78 is 18.5. The first-order valence-corrected chi connectivity index (χ1v) is 12.3. The molecule has 0 saturated heterocycles. The van der Waals surface area contributed by atoms with Crippen LogP contribution in [0.5, 0.6) is 17.2 Å². The van der Waals surface area contributed by atoms with E-state index in [-0.39, 0.29) is 11.9 Å². The smallest absolute Gasteiger partial charge is 0.255 e. The molecule has 1 aliphatic heterocycles. The number of para-hydroxylation sites is 2. The SMILES string of the molecule is CCOc1ccc(C2=C(C(=O)Nc3cc(OC)c(Cl)cc3OC)[C@H](C)Nc3nc4ccccc4n32)cc1. The Morgan fingerprint density at radius 2 is 1.81 bits per heavy atom. The van der Waals surface area contributed by atoms with E-state index in [2.05, 4.69) is 10.6 Å². The number of carbonyl (C=O) groups excluding carboxylic acids is 1. The van der Waals surface area contributed by atoms with Crippen molar-refractivity contribution in [3.63, 3.8) is 0 Å². The van der Waals surface area contributed by atoms with Crippen molar-refractivity contribution in [2.24, 2.45) is 0 Å². The molecule has 0 unspecified atom stereocenters. The molecule has 4 aromatic rings. The lowest BCUT2D eigenvalue weighted by atomic mass is 9.97. The highest BCUT2D eigenvalue weighted by molar-refractivity contribution is 6.32. The molecule has 0 fully saturated rings. The van der Waals surface area contributed by atoms with Crippen LogP contribution in [0, 0.1) is 0 Å². The van der Waals surface area contributed by atoms with Crippen LogP contribution < -0.4 is 24.8 Å². The van der Waals surface area contributed by atoms with Crippen LogP contribution in [0.4, 0.5) is 11.6 Å². The van der Waals surface area contributed by atoms with Gasteiger partial charge in [0, 0.05) is 12.1 Å². The van der Waals surface area contributed by atoms with Crippen LogP contribution in [0.2, 0.25) is 5.02 Å². The summed E-state index contributed by atoms with van der Waals surface area (Å²) >= 11 is 6.27. The molecule has 9 heteroatoms. The van der Waals surface area contributed by atoms with Gasteiger partial charge in [0.05, 0.1) is 59.9 Å². The highest BCUT2D eigenvalue weighted by atomic mass is 35.5. The molecule has 1 aromatic heterocycles. The molecule has 37 heavy (non-hydrogen) atoms. The Kier molecular flexibility index (Phi) is 6.67. The minimum atomic E-state index is -0.342. The molecule has 0 bridgehead atoms. The third kappa shape index (κ3) is 4.44. The summed E-state index contributed by atoms with van der Waals surface area (Å²) in [5.74, 6) is 1.98. The van der Waals surface area contributed by atoms with Gasteiger partial charge in [-0.15, -0.1) is 0 Å². The Labute approximate surface area is 219 Å². The summed E-state index contributed by atoms with van der Waals surface area (Å²) in [7, 11) is 3.04. The van der Waals surface area contributed by atoms with E-state index in [4.69, 9.17) is 30.8 Å².